The van der Waals surface area contributed by atoms with Crippen LogP contribution in [0.4, 0.5) is 0 Å². The molecule has 1 saturated heterocycles. The molecule has 1 heterocycles. The van der Waals surface area contributed by atoms with Gasteiger partial charge in [0.15, 0.2) is 0 Å². The zero-order valence-electron chi connectivity index (χ0n) is 6.58. The Labute approximate surface area is 77.7 Å². The van der Waals surface area contributed by atoms with Gasteiger partial charge in [0.2, 0.25) is 5.91 Å². The van der Waals surface area contributed by atoms with Gasteiger partial charge >= 0.3 is 0 Å². The fourth-order valence-corrected chi connectivity index (χ4v) is 1.27. The van der Waals surface area contributed by atoms with Crippen molar-refractivity contribution < 1.29 is 4.79 Å². The second-order valence-corrected chi connectivity index (χ2v) is 2.77. The maximum atomic E-state index is 10.4. The van der Waals surface area contributed by atoms with E-state index in [1.54, 1.807) is 0 Å². The van der Waals surface area contributed by atoms with E-state index < -0.39 is 0 Å². The number of halogens is 1. The number of nitrogens with zero attached hydrogens (tertiary/aromatic N) is 1. The highest BCUT2D eigenvalue weighted by Crippen LogP contribution is 2.06. The lowest BCUT2D eigenvalue weighted by Gasteiger charge is -2.11. The van der Waals surface area contributed by atoms with Crippen molar-refractivity contribution in [1.82, 2.24) is 4.90 Å². The van der Waals surface area contributed by atoms with E-state index in [0.29, 0.717) is 6.42 Å². The van der Waals surface area contributed by atoms with Gasteiger partial charge in [-0.1, -0.05) is 0 Å². The van der Waals surface area contributed by atoms with Crippen molar-refractivity contribution in [1.29, 1.82) is 0 Å². The molecule has 0 aromatic carbocycles. The molecule has 0 saturated carbocycles. The number of carbonyl (C=O) groups is 1. The van der Waals surface area contributed by atoms with Crippen LogP contribution < -0.4 is 5.73 Å². The quantitative estimate of drug-likeness (QED) is 0.758. The molecule has 0 aromatic heterocycles. The van der Waals surface area contributed by atoms with Gasteiger partial charge in [0, 0.05) is 13.0 Å². The van der Waals surface area contributed by atoms with Crippen molar-refractivity contribution in [3.8, 4) is 0 Å². The molecule has 0 radical (unpaired) electrons. The minimum Gasteiger partial charge on any atom is -0.370 e. The van der Waals surface area contributed by atoms with Crippen LogP contribution in [-0.2, 0) is 4.79 Å². The summed E-state index contributed by atoms with van der Waals surface area (Å²) < 4.78 is 0. The first-order chi connectivity index (χ1) is 4.79. The van der Waals surface area contributed by atoms with Gasteiger partial charge in [-0.2, -0.15) is 0 Å². The van der Waals surface area contributed by atoms with E-state index in [9.17, 15) is 4.79 Å². The van der Waals surface area contributed by atoms with Gasteiger partial charge in [0.05, 0.1) is 0 Å². The lowest BCUT2D eigenvalue weighted by atomic mass is 10.4. The molecule has 0 spiro atoms. The van der Waals surface area contributed by atoms with Crippen LogP contribution in [0.1, 0.15) is 19.3 Å². The highest BCUT2D eigenvalue weighted by Gasteiger charge is 2.10. The van der Waals surface area contributed by atoms with E-state index >= 15 is 0 Å². The Hall–Kier alpha value is -0.0900. The third kappa shape index (κ3) is 4.37. The summed E-state index contributed by atoms with van der Waals surface area (Å²) in [5.41, 5.74) is 5.00. The predicted molar refractivity (Wildman–Crippen MR) is 49.8 cm³/mol. The summed E-state index contributed by atoms with van der Waals surface area (Å²) in [5, 5.41) is 0. The van der Waals surface area contributed by atoms with Gasteiger partial charge in [-0.15, -0.1) is 17.0 Å². The first-order valence-electron chi connectivity index (χ1n) is 3.80. The van der Waals surface area contributed by atoms with Crippen LogP contribution in [0.3, 0.4) is 0 Å². The van der Waals surface area contributed by atoms with Crippen LogP contribution in [0.5, 0.6) is 0 Å². The molecule has 11 heavy (non-hydrogen) atoms. The van der Waals surface area contributed by atoms with Crippen LogP contribution in [0, 0.1) is 0 Å². The average Bonchev–Trinajstić information content (AvgIpc) is 2.34. The Balaban J connectivity index is 0.000001000. The maximum absolute atomic E-state index is 10.4. The molecule has 0 aliphatic carbocycles. The molecule has 66 valence electrons. The monoisotopic (exact) mass is 222 g/mol. The van der Waals surface area contributed by atoms with Crippen LogP contribution in [-0.4, -0.2) is 30.4 Å². The smallest absolute Gasteiger partial charge is 0.218 e. The lowest BCUT2D eigenvalue weighted by molar-refractivity contribution is -0.118. The molecule has 1 fully saturated rings. The predicted octanol–water partition coefficient (Wildman–Crippen LogP) is 0.536. The number of rotatable bonds is 3. The second kappa shape index (κ2) is 5.55. The molecule has 1 aliphatic heterocycles. The zero-order valence-corrected chi connectivity index (χ0v) is 8.30. The fraction of sp³-hybridized carbons (Fsp3) is 0.857. The van der Waals surface area contributed by atoms with E-state index in [1.165, 1.54) is 12.8 Å². The molecule has 4 heteroatoms. The number of carbonyl (C=O) groups excluding carboxylic acids is 1. The van der Waals surface area contributed by atoms with Crippen molar-refractivity contribution in [2.24, 2.45) is 5.73 Å². The van der Waals surface area contributed by atoms with Gasteiger partial charge in [-0.25, -0.2) is 0 Å². The first-order valence-corrected chi connectivity index (χ1v) is 3.80. The summed E-state index contributed by atoms with van der Waals surface area (Å²) >= 11 is 0. The van der Waals surface area contributed by atoms with Crippen LogP contribution in [0.2, 0.25) is 0 Å². The molecule has 2 N–H and O–H groups in total. The Morgan fingerprint density at radius 2 is 1.91 bits per heavy atom. The number of nitrogens with two attached hydrogens (primary N) is 1. The maximum Gasteiger partial charge on any atom is 0.218 e. The number of primary amides is 1. The zero-order chi connectivity index (χ0) is 7.40. The van der Waals surface area contributed by atoms with E-state index in [0.717, 1.165) is 19.6 Å². The standard InChI is InChI=1S/C7H14N2O.BrH/c8-7(10)3-6-9-4-1-2-5-9;/h1-6H2,(H2,8,10);1H. The topological polar surface area (TPSA) is 46.3 Å². The molecule has 0 unspecified atom stereocenters. The molecule has 1 aliphatic rings. The summed E-state index contributed by atoms with van der Waals surface area (Å²) in [6, 6.07) is 0. The SMILES string of the molecule is Br.NC(=O)CCN1CCCC1. The summed E-state index contributed by atoms with van der Waals surface area (Å²) in [7, 11) is 0. The van der Waals surface area contributed by atoms with E-state index in [-0.39, 0.29) is 22.9 Å². The number of hydrogen-bond acceptors (Lipinski definition) is 2. The number of hydrogen-bond donors (Lipinski definition) is 1. The van der Waals surface area contributed by atoms with E-state index in [1.807, 2.05) is 0 Å². The highest BCUT2D eigenvalue weighted by atomic mass is 79.9. The fourth-order valence-electron chi connectivity index (χ4n) is 1.27. The van der Waals surface area contributed by atoms with Crippen LogP contribution in [0.25, 0.3) is 0 Å². The number of amides is 1. The van der Waals surface area contributed by atoms with Gasteiger partial charge in [0.25, 0.3) is 0 Å². The van der Waals surface area contributed by atoms with E-state index in [4.69, 9.17) is 5.73 Å². The molecule has 0 aromatic rings. The van der Waals surface area contributed by atoms with Crippen molar-refractivity contribution in [3.05, 3.63) is 0 Å². The Morgan fingerprint density at radius 1 is 1.36 bits per heavy atom. The Bertz CT molecular complexity index is 124. The average molecular weight is 223 g/mol. The van der Waals surface area contributed by atoms with Gasteiger partial charge in [-0.3, -0.25) is 4.79 Å². The first kappa shape index (κ1) is 10.9. The third-order valence-electron chi connectivity index (χ3n) is 1.87. The number of likely N-dealkylation sites (tertiary alicyclic amines) is 1. The van der Waals surface area contributed by atoms with E-state index in [2.05, 4.69) is 4.90 Å². The molecule has 3 nitrogen and oxygen atoms in total. The third-order valence-corrected chi connectivity index (χ3v) is 1.87. The van der Waals surface area contributed by atoms with Gasteiger partial charge < -0.3 is 10.6 Å². The summed E-state index contributed by atoms with van der Waals surface area (Å²) in [5.74, 6) is -0.188. The molecule has 0 atom stereocenters. The van der Waals surface area contributed by atoms with Crippen molar-refractivity contribution in [3.63, 3.8) is 0 Å². The Morgan fingerprint density at radius 3 is 2.36 bits per heavy atom. The van der Waals surface area contributed by atoms with Crippen molar-refractivity contribution >= 4 is 22.9 Å². The second-order valence-electron chi connectivity index (χ2n) is 2.77. The van der Waals surface area contributed by atoms with Crippen LogP contribution >= 0.6 is 17.0 Å². The lowest BCUT2D eigenvalue weighted by Crippen LogP contribution is -2.25. The van der Waals surface area contributed by atoms with Crippen LogP contribution in [0.15, 0.2) is 0 Å². The minimum atomic E-state index is -0.188. The summed E-state index contributed by atoms with van der Waals surface area (Å²) in [4.78, 5) is 12.6. The highest BCUT2D eigenvalue weighted by molar-refractivity contribution is 8.93. The molecule has 1 rings (SSSR count). The van der Waals surface area contributed by atoms with Gasteiger partial charge in [0.1, 0.15) is 0 Å². The van der Waals surface area contributed by atoms with Gasteiger partial charge in [-0.05, 0) is 25.9 Å². The molecule has 1 amide bonds. The summed E-state index contributed by atoms with van der Waals surface area (Å²) in [6.07, 6.45) is 3.07. The minimum absolute atomic E-state index is 0. The molecule has 0 bridgehead atoms. The van der Waals surface area contributed by atoms with Crippen molar-refractivity contribution in [2.45, 2.75) is 19.3 Å². The Kier molecular flexibility index (Phi) is 5.50. The normalized spacial score (nSPS) is 17.8. The summed E-state index contributed by atoms with van der Waals surface area (Å²) in [6.45, 7) is 3.15. The molecular formula is C7H15BrN2O. The van der Waals surface area contributed by atoms with Crippen molar-refractivity contribution in [2.75, 3.05) is 19.6 Å². The largest absolute Gasteiger partial charge is 0.370 e. The molecular weight excluding hydrogens is 208 g/mol.